The number of rotatable bonds is 5. The number of hydrogen-bond donors (Lipinski definition) is 1. The van der Waals surface area contributed by atoms with Crippen LogP contribution < -0.4 is 5.32 Å². The fourth-order valence-electron chi connectivity index (χ4n) is 1.35. The Labute approximate surface area is 108 Å². The maximum absolute atomic E-state index is 10.9. The number of hydrogen-bond acceptors (Lipinski definition) is 3. The van der Waals surface area contributed by atoms with Crippen molar-refractivity contribution in [3.63, 3.8) is 0 Å². The second-order valence-electron chi connectivity index (χ2n) is 3.49. The number of nitro benzene ring substituents is 1. The zero-order chi connectivity index (χ0) is 12.1. The van der Waals surface area contributed by atoms with E-state index in [1.807, 2.05) is 13.0 Å². The lowest BCUT2D eigenvalue weighted by atomic mass is 10.2. The molecule has 4 nitrogen and oxygen atoms in total. The van der Waals surface area contributed by atoms with E-state index >= 15 is 0 Å². The molecule has 1 atom stereocenters. The number of nitrogens with one attached hydrogen (secondary N) is 1. The summed E-state index contributed by atoms with van der Waals surface area (Å²) < 4.78 is 0.853. The Morgan fingerprint density at radius 1 is 1.69 bits per heavy atom. The van der Waals surface area contributed by atoms with Crippen molar-refractivity contribution in [2.75, 3.05) is 5.32 Å². The highest BCUT2D eigenvalue weighted by Crippen LogP contribution is 2.27. The van der Waals surface area contributed by atoms with Crippen molar-refractivity contribution >= 4 is 34.0 Å². The summed E-state index contributed by atoms with van der Waals surface area (Å²) >= 11 is 2.06. The highest BCUT2D eigenvalue weighted by molar-refractivity contribution is 14.1. The summed E-state index contributed by atoms with van der Waals surface area (Å²) in [6.07, 6.45) is 2.55. The number of halogens is 1. The molecule has 0 aromatic heterocycles. The van der Waals surface area contributed by atoms with Crippen LogP contribution in [0.5, 0.6) is 0 Å². The van der Waals surface area contributed by atoms with Gasteiger partial charge < -0.3 is 5.32 Å². The van der Waals surface area contributed by atoms with Crippen molar-refractivity contribution in [1.82, 2.24) is 0 Å². The normalized spacial score (nSPS) is 11.9. The van der Waals surface area contributed by atoms with Crippen LogP contribution in [0.1, 0.15) is 13.3 Å². The predicted molar refractivity (Wildman–Crippen MR) is 73.7 cm³/mol. The molecule has 5 heteroatoms. The second kappa shape index (κ2) is 5.83. The van der Waals surface area contributed by atoms with Crippen LogP contribution in [0.3, 0.4) is 0 Å². The fourth-order valence-corrected chi connectivity index (χ4v) is 1.83. The van der Waals surface area contributed by atoms with Gasteiger partial charge in [0.1, 0.15) is 5.69 Å². The molecule has 0 aliphatic heterocycles. The Morgan fingerprint density at radius 2 is 2.38 bits per heavy atom. The first-order valence-corrected chi connectivity index (χ1v) is 5.94. The molecular weight excluding hydrogens is 319 g/mol. The molecule has 1 aromatic rings. The van der Waals surface area contributed by atoms with E-state index in [4.69, 9.17) is 0 Å². The molecule has 16 heavy (non-hydrogen) atoms. The van der Waals surface area contributed by atoms with Gasteiger partial charge in [0, 0.05) is 15.7 Å². The van der Waals surface area contributed by atoms with E-state index in [1.54, 1.807) is 18.2 Å². The molecule has 1 N–H and O–H groups in total. The number of nitro groups is 1. The smallest absolute Gasteiger partial charge is 0.293 e. The van der Waals surface area contributed by atoms with E-state index in [0.717, 1.165) is 9.99 Å². The van der Waals surface area contributed by atoms with Crippen molar-refractivity contribution < 1.29 is 4.92 Å². The topological polar surface area (TPSA) is 55.2 Å². The van der Waals surface area contributed by atoms with Gasteiger partial charge in [0.2, 0.25) is 0 Å². The van der Waals surface area contributed by atoms with Crippen LogP contribution in [0.4, 0.5) is 11.4 Å². The Hall–Kier alpha value is -1.11. The summed E-state index contributed by atoms with van der Waals surface area (Å²) in [4.78, 5) is 10.5. The van der Waals surface area contributed by atoms with Crippen LogP contribution >= 0.6 is 22.6 Å². The number of benzene rings is 1. The molecule has 86 valence electrons. The Kier molecular flexibility index (Phi) is 4.72. The van der Waals surface area contributed by atoms with Gasteiger partial charge >= 0.3 is 0 Å². The van der Waals surface area contributed by atoms with Crippen LogP contribution in [0.15, 0.2) is 30.9 Å². The van der Waals surface area contributed by atoms with Gasteiger partial charge in [0.15, 0.2) is 0 Å². The minimum absolute atomic E-state index is 0.114. The zero-order valence-corrected chi connectivity index (χ0v) is 11.1. The molecule has 0 aliphatic carbocycles. The molecule has 1 unspecified atom stereocenters. The Morgan fingerprint density at radius 3 is 2.94 bits per heavy atom. The lowest BCUT2D eigenvalue weighted by molar-refractivity contribution is -0.384. The van der Waals surface area contributed by atoms with E-state index in [-0.39, 0.29) is 16.7 Å². The monoisotopic (exact) mass is 332 g/mol. The van der Waals surface area contributed by atoms with Gasteiger partial charge in [-0.15, -0.1) is 6.58 Å². The molecule has 0 radical (unpaired) electrons. The van der Waals surface area contributed by atoms with Gasteiger partial charge in [0.05, 0.1) is 4.92 Å². The fraction of sp³-hybridized carbons (Fsp3) is 0.273. The van der Waals surface area contributed by atoms with E-state index in [0.29, 0.717) is 5.69 Å². The third-order valence-electron chi connectivity index (χ3n) is 2.08. The summed E-state index contributed by atoms with van der Waals surface area (Å²) in [7, 11) is 0. The van der Waals surface area contributed by atoms with Crippen molar-refractivity contribution in [2.45, 2.75) is 19.4 Å². The first-order valence-electron chi connectivity index (χ1n) is 4.86. The highest BCUT2D eigenvalue weighted by atomic mass is 127. The highest BCUT2D eigenvalue weighted by Gasteiger charge is 2.15. The summed E-state index contributed by atoms with van der Waals surface area (Å²) in [5.41, 5.74) is 0.669. The van der Waals surface area contributed by atoms with E-state index in [2.05, 4.69) is 34.5 Å². The molecule has 0 bridgehead atoms. The van der Waals surface area contributed by atoms with Crippen LogP contribution in [-0.4, -0.2) is 11.0 Å². The Balaban J connectivity index is 2.94. The second-order valence-corrected chi connectivity index (χ2v) is 4.73. The average molecular weight is 332 g/mol. The minimum atomic E-state index is -0.370. The van der Waals surface area contributed by atoms with Crippen LogP contribution in [0, 0.1) is 13.7 Å². The summed E-state index contributed by atoms with van der Waals surface area (Å²) in [6.45, 7) is 5.60. The molecule has 0 saturated heterocycles. The lowest BCUT2D eigenvalue weighted by Gasteiger charge is -2.13. The van der Waals surface area contributed by atoms with Gasteiger partial charge in [-0.25, -0.2) is 0 Å². The summed E-state index contributed by atoms with van der Waals surface area (Å²) in [6, 6.07) is 5.27. The number of nitrogens with zero attached hydrogens (tertiary/aromatic N) is 1. The standard InChI is InChI=1S/C11H13IN2O2/c1-3-4-8(2)13-10-6-5-9(12)7-11(10)14(15)16/h3,5-8,13H,1,4H2,2H3. The number of anilines is 1. The van der Waals surface area contributed by atoms with Gasteiger partial charge in [-0.05, 0) is 48.1 Å². The third kappa shape index (κ3) is 3.48. The molecule has 1 rings (SSSR count). The van der Waals surface area contributed by atoms with Crippen molar-refractivity contribution in [3.05, 3.63) is 44.5 Å². The van der Waals surface area contributed by atoms with E-state index < -0.39 is 0 Å². The van der Waals surface area contributed by atoms with Gasteiger partial charge in [-0.2, -0.15) is 0 Å². The molecular formula is C11H13IN2O2. The third-order valence-corrected chi connectivity index (χ3v) is 2.75. The van der Waals surface area contributed by atoms with Gasteiger partial charge in [0.25, 0.3) is 5.69 Å². The van der Waals surface area contributed by atoms with Crippen LogP contribution in [-0.2, 0) is 0 Å². The molecule has 1 aromatic carbocycles. The maximum Gasteiger partial charge on any atom is 0.293 e. The first kappa shape index (κ1) is 13.0. The molecule has 0 saturated carbocycles. The SMILES string of the molecule is C=CCC(C)Nc1ccc(I)cc1[N+](=O)[O-]. The Bertz CT molecular complexity index is 407. The molecule has 0 heterocycles. The van der Waals surface area contributed by atoms with E-state index in [1.165, 1.54) is 0 Å². The molecule has 0 amide bonds. The summed E-state index contributed by atoms with van der Waals surface area (Å²) in [5, 5.41) is 14.0. The largest absolute Gasteiger partial charge is 0.377 e. The maximum atomic E-state index is 10.9. The molecule has 0 aliphatic rings. The van der Waals surface area contributed by atoms with Gasteiger partial charge in [-0.1, -0.05) is 6.08 Å². The van der Waals surface area contributed by atoms with Crippen molar-refractivity contribution in [1.29, 1.82) is 0 Å². The van der Waals surface area contributed by atoms with Gasteiger partial charge in [-0.3, -0.25) is 10.1 Å². The molecule has 0 fully saturated rings. The van der Waals surface area contributed by atoms with Crippen LogP contribution in [0.25, 0.3) is 0 Å². The predicted octanol–water partition coefficient (Wildman–Crippen LogP) is 3.58. The van der Waals surface area contributed by atoms with E-state index in [9.17, 15) is 10.1 Å². The lowest BCUT2D eigenvalue weighted by Crippen LogP contribution is -2.14. The first-order chi connectivity index (χ1) is 7.54. The molecule has 0 spiro atoms. The van der Waals surface area contributed by atoms with Crippen molar-refractivity contribution in [2.24, 2.45) is 0 Å². The quantitative estimate of drug-likeness (QED) is 0.388. The van der Waals surface area contributed by atoms with Crippen LogP contribution in [0.2, 0.25) is 0 Å². The zero-order valence-electron chi connectivity index (χ0n) is 8.94. The average Bonchev–Trinajstić information content (AvgIpc) is 2.20. The minimum Gasteiger partial charge on any atom is -0.377 e. The van der Waals surface area contributed by atoms with Crippen molar-refractivity contribution in [3.8, 4) is 0 Å². The summed E-state index contributed by atoms with van der Waals surface area (Å²) in [5.74, 6) is 0.